The molecule has 1 amide bonds. The van der Waals surface area contributed by atoms with Gasteiger partial charge in [-0.2, -0.15) is 0 Å². The standard InChI is InChI=1S/C14H19N3O2/c1-11(2)17(8-9-18)14(19)13-6-5-12(10-16-13)4-3-7-15/h5-6,10-11,18H,7-9,15H2,1-2H3. The van der Waals surface area contributed by atoms with Crippen LogP contribution in [0, 0.1) is 11.8 Å². The first kappa shape index (κ1) is 15.2. The van der Waals surface area contributed by atoms with Crippen LogP contribution in [0.4, 0.5) is 0 Å². The fourth-order valence-electron chi connectivity index (χ4n) is 1.60. The van der Waals surface area contributed by atoms with Crippen molar-refractivity contribution >= 4 is 5.91 Å². The second-order valence-electron chi connectivity index (χ2n) is 4.25. The van der Waals surface area contributed by atoms with E-state index in [0.717, 1.165) is 5.56 Å². The van der Waals surface area contributed by atoms with Crippen LogP contribution in [-0.2, 0) is 0 Å². The van der Waals surface area contributed by atoms with Crippen LogP contribution in [0.15, 0.2) is 18.3 Å². The van der Waals surface area contributed by atoms with Crippen molar-refractivity contribution in [3.63, 3.8) is 0 Å². The highest BCUT2D eigenvalue weighted by molar-refractivity contribution is 5.92. The molecule has 5 nitrogen and oxygen atoms in total. The number of aliphatic hydroxyl groups excluding tert-OH is 1. The molecule has 1 aromatic rings. The van der Waals surface area contributed by atoms with Gasteiger partial charge in [0.15, 0.2) is 0 Å². The number of amides is 1. The number of carbonyl (C=O) groups excluding carboxylic acids is 1. The lowest BCUT2D eigenvalue weighted by molar-refractivity contribution is 0.0659. The maximum absolute atomic E-state index is 12.2. The summed E-state index contributed by atoms with van der Waals surface area (Å²) in [5, 5.41) is 8.98. The van der Waals surface area contributed by atoms with Crippen molar-refractivity contribution < 1.29 is 9.90 Å². The first-order valence-corrected chi connectivity index (χ1v) is 6.17. The van der Waals surface area contributed by atoms with E-state index >= 15 is 0 Å². The van der Waals surface area contributed by atoms with Crippen molar-refractivity contribution in [2.45, 2.75) is 19.9 Å². The summed E-state index contributed by atoms with van der Waals surface area (Å²) in [4.78, 5) is 17.9. The van der Waals surface area contributed by atoms with Crippen LogP contribution >= 0.6 is 0 Å². The lowest BCUT2D eigenvalue weighted by Crippen LogP contribution is -2.39. The summed E-state index contributed by atoms with van der Waals surface area (Å²) < 4.78 is 0. The second kappa shape index (κ2) is 7.52. The zero-order valence-corrected chi connectivity index (χ0v) is 11.3. The van der Waals surface area contributed by atoms with Crippen molar-refractivity contribution in [3.8, 4) is 11.8 Å². The van der Waals surface area contributed by atoms with Gasteiger partial charge in [0.2, 0.25) is 0 Å². The largest absolute Gasteiger partial charge is 0.395 e. The summed E-state index contributed by atoms with van der Waals surface area (Å²) in [6, 6.07) is 3.38. The molecule has 0 unspecified atom stereocenters. The smallest absolute Gasteiger partial charge is 0.272 e. The molecule has 1 rings (SSSR count). The molecule has 0 atom stereocenters. The van der Waals surface area contributed by atoms with Gasteiger partial charge in [0.25, 0.3) is 5.91 Å². The molecule has 0 saturated heterocycles. The first-order valence-electron chi connectivity index (χ1n) is 6.17. The van der Waals surface area contributed by atoms with E-state index in [1.165, 1.54) is 0 Å². The Morgan fingerprint density at radius 2 is 2.26 bits per heavy atom. The van der Waals surface area contributed by atoms with Crippen LogP contribution in [0.25, 0.3) is 0 Å². The van der Waals surface area contributed by atoms with Crippen molar-refractivity contribution in [2.24, 2.45) is 5.73 Å². The van der Waals surface area contributed by atoms with E-state index in [4.69, 9.17) is 10.8 Å². The highest BCUT2D eigenvalue weighted by Gasteiger charge is 2.18. The Hall–Kier alpha value is -1.90. The molecule has 0 fully saturated rings. The lowest BCUT2D eigenvalue weighted by Gasteiger charge is -2.25. The van der Waals surface area contributed by atoms with Gasteiger partial charge in [-0.1, -0.05) is 11.8 Å². The molecule has 0 spiro atoms. The molecule has 0 radical (unpaired) electrons. The molecule has 3 N–H and O–H groups in total. The van der Waals surface area contributed by atoms with Crippen molar-refractivity contribution in [1.29, 1.82) is 0 Å². The first-order chi connectivity index (χ1) is 9.10. The number of hydrogen-bond donors (Lipinski definition) is 2. The molecular formula is C14H19N3O2. The number of carbonyl (C=O) groups is 1. The molecule has 1 heterocycles. The molecule has 5 heteroatoms. The summed E-state index contributed by atoms with van der Waals surface area (Å²) in [6.07, 6.45) is 1.55. The van der Waals surface area contributed by atoms with E-state index in [-0.39, 0.29) is 25.1 Å². The fraction of sp³-hybridized carbons (Fsp3) is 0.429. The average Bonchev–Trinajstić information content (AvgIpc) is 2.42. The van der Waals surface area contributed by atoms with Gasteiger partial charge < -0.3 is 15.7 Å². The van der Waals surface area contributed by atoms with Crippen LogP contribution in [-0.4, -0.2) is 46.6 Å². The number of hydrogen-bond acceptors (Lipinski definition) is 4. The lowest BCUT2D eigenvalue weighted by atomic mass is 10.2. The van der Waals surface area contributed by atoms with E-state index in [0.29, 0.717) is 12.2 Å². The molecule has 0 aliphatic rings. The molecule has 0 aliphatic heterocycles. The third kappa shape index (κ3) is 4.36. The monoisotopic (exact) mass is 261 g/mol. The summed E-state index contributed by atoms with van der Waals surface area (Å²) in [7, 11) is 0. The van der Waals surface area contributed by atoms with E-state index in [1.807, 2.05) is 13.8 Å². The van der Waals surface area contributed by atoms with Gasteiger partial charge in [0, 0.05) is 24.3 Å². The minimum atomic E-state index is -0.192. The minimum absolute atomic E-state index is 0.0122. The summed E-state index contributed by atoms with van der Waals surface area (Å²) in [5.74, 6) is 5.38. The maximum Gasteiger partial charge on any atom is 0.272 e. The third-order valence-electron chi connectivity index (χ3n) is 2.54. The van der Waals surface area contributed by atoms with Crippen molar-refractivity contribution in [2.75, 3.05) is 19.7 Å². The number of pyridine rings is 1. The maximum atomic E-state index is 12.2. The Morgan fingerprint density at radius 3 is 2.74 bits per heavy atom. The molecule has 1 aromatic heterocycles. The van der Waals surface area contributed by atoms with E-state index in [9.17, 15) is 4.79 Å². The van der Waals surface area contributed by atoms with Crippen LogP contribution in [0.5, 0.6) is 0 Å². The van der Waals surface area contributed by atoms with Gasteiger partial charge in [-0.15, -0.1) is 0 Å². The third-order valence-corrected chi connectivity index (χ3v) is 2.54. The zero-order valence-electron chi connectivity index (χ0n) is 11.3. The number of nitrogens with two attached hydrogens (primary N) is 1. The van der Waals surface area contributed by atoms with E-state index in [1.54, 1.807) is 23.2 Å². The minimum Gasteiger partial charge on any atom is -0.395 e. The van der Waals surface area contributed by atoms with Gasteiger partial charge in [0.1, 0.15) is 5.69 Å². The van der Waals surface area contributed by atoms with Crippen molar-refractivity contribution in [1.82, 2.24) is 9.88 Å². The van der Waals surface area contributed by atoms with Crippen molar-refractivity contribution in [3.05, 3.63) is 29.6 Å². The second-order valence-corrected chi connectivity index (χ2v) is 4.25. The molecule has 0 aliphatic carbocycles. The highest BCUT2D eigenvalue weighted by atomic mass is 16.3. The van der Waals surface area contributed by atoms with Crippen LogP contribution in [0.1, 0.15) is 29.9 Å². The van der Waals surface area contributed by atoms with Crippen LogP contribution < -0.4 is 5.73 Å². The molecule has 19 heavy (non-hydrogen) atoms. The van der Waals surface area contributed by atoms with Gasteiger partial charge in [-0.05, 0) is 26.0 Å². The Bertz CT molecular complexity index is 472. The normalized spacial score (nSPS) is 9.95. The predicted molar refractivity (Wildman–Crippen MR) is 73.4 cm³/mol. The Morgan fingerprint density at radius 1 is 1.53 bits per heavy atom. The molecular weight excluding hydrogens is 242 g/mol. The SMILES string of the molecule is CC(C)N(CCO)C(=O)c1ccc(C#CCN)cn1. The number of nitrogens with zero attached hydrogens (tertiary/aromatic N) is 2. The van der Waals surface area contributed by atoms with Crippen LogP contribution in [0.3, 0.4) is 0 Å². The fourth-order valence-corrected chi connectivity index (χ4v) is 1.60. The topological polar surface area (TPSA) is 79.5 Å². The predicted octanol–water partition coefficient (Wildman–Crippen LogP) is 0.235. The number of aromatic nitrogens is 1. The van der Waals surface area contributed by atoms with Crippen LogP contribution in [0.2, 0.25) is 0 Å². The Balaban J connectivity index is 2.87. The summed E-state index contributed by atoms with van der Waals surface area (Å²) in [5.41, 5.74) is 6.35. The molecule has 0 bridgehead atoms. The van der Waals surface area contributed by atoms with Gasteiger partial charge >= 0.3 is 0 Å². The van der Waals surface area contributed by atoms with Gasteiger partial charge in [-0.25, -0.2) is 4.98 Å². The van der Waals surface area contributed by atoms with Gasteiger partial charge in [-0.3, -0.25) is 4.79 Å². The van der Waals surface area contributed by atoms with E-state index < -0.39 is 0 Å². The zero-order chi connectivity index (χ0) is 14.3. The number of aliphatic hydroxyl groups is 1. The molecule has 0 aromatic carbocycles. The number of rotatable bonds is 4. The average molecular weight is 261 g/mol. The van der Waals surface area contributed by atoms with Gasteiger partial charge in [0.05, 0.1) is 13.2 Å². The summed E-state index contributed by atoms with van der Waals surface area (Å²) in [6.45, 7) is 4.32. The molecule has 102 valence electrons. The Labute approximate surface area is 113 Å². The quantitative estimate of drug-likeness (QED) is 0.761. The summed E-state index contributed by atoms with van der Waals surface area (Å²) >= 11 is 0. The highest BCUT2D eigenvalue weighted by Crippen LogP contribution is 2.07. The van der Waals surface area contributed by atoms with E-state index in [2.05, 4.69) is 16.8 Å². The Kier molecular flexibility index (Phi) is 6.00. The molecule has 0 saturated carbocycles.